The Bertz CT molecular complexity index is 619. The van der Waals surface area contributed by atoms with E-state index in [0.29, 0.717) is 12.2 Å². The Kier molecular flexibility index (Phi) is 5.17. The summed E-state index contributed by atoms with van der Waals surface area (Å²) in [5, 5.41) is 3.32. The standard InChI is InChI=1S/C16H15ClFNO2/c1-21-16(20)13(11-5-3-2-4-6-11)10-19-15-8-7-12(18)9-14(15)17/h2-9,13,19H,10H2,1H3. The molecule has 1 unspecified atom stereocenters. The van der Waals surface area contributed by atoms with Gasteiger partial charge in [-0.3, -0.25) is 4.79 Å². The number of anilines is 1. The van der Waals surface area contributed by atoms with E-state index in [2.05, 4.69) is 5.32 Å². The third-order valence-electron chi connectivity index (χ3n) is 3.12. The van der Waals surface area contributed by atoms with Crippen LogP contribution in [0.5, 0.6) is 0 Å². The van der Waals surface area contributed by atoms with E-state index in [1.807, 2.05) is 30.3 Å². The SMILES string of the molecule is COC(=O)C(CNc1ccc(F)cc1Cl)c1ccccc1. The minimum absolute atomic E-state index is 0.270. The number of esters is 1. The van der Waals surface area contributed by atoms with Crippen LogP contribution in [-0.4, -0.2) is 19.6 Å². The fourth-order valence-corrected chi connectivity index (χ4v) is 2.24. The van der Waals surface area contributed by atoms with Crippen molar-refractivity contribution in [1.29, 1.82) is 0 Å². The lowest BCUT2D eigenvalue weighted by atomic mass is 9.99. The summed E-state index contributed by atoms with van der Waals surface area (Å²) in [6.07, 6.45) is 0. The van der Waals surface area contributed by atoms with Crippen LogP contribution in [0.1, 0.15) is 11.5 Å². The zero-order chi connectivity index (χ0) is 15.2. The van der Waals surface area contributed by atoms with Crippen molar-refractivity contribution in [3.8, 4) is 0 Å². The molecule has 0 saturated heterocycles. The highest BCUT2D eigenvalue weighted by atomic mass is 35.5. The first-order valence-corrected chi connectivity index (χ1v) is 6.81. The molecule has 2 aromatic carbocycles. The first-order valence-electron chi connectivity index (χ1n) is 6.43. The lowest BCUT2D eigenvalue weighted by Crippen LogP contribution is -2.22. The van der Waals surface area contributed by atoms with Crippen LogP contribution in [0, 0.1) is 5.82 Å². The molecule has 1 N–H and O–H groups in total. The molecule has 0 amide bonds. The van der Waals surface area contributed by atoms with Crippen LogP contribution >= 0.6 is 11.6 Å². The highest BCUT2D eigenvalue weighted by Crippen LogP contribution is 2.24. The summed E-state index contributed by atoms with van der Waals surface area (Å²) >= 11 is 5.95. The average molecular weight is 308 g/mol. The molecular weight excluding hydrogens is 293 g/mol. The molecule has 2 rings (SSSR count). The van der Waals surface area contributed by atoms with Crippen LogP contribution in [0.15, 0.2) is 48.5 Å². The van der Waals surface area contributed by atoms with Crippen molar-refractivity contribution in [3.63, 3.8) is 0 Å². The first-order chi connectivity index (χ1) is 10.1. The van der Waals surface area contributed by atoms with Gasteiger partial charge >= 0.3 is 5.97 Å². The number of hydrogen-bond donors (Lipinski definition) is 1. The van der Waals surface area contributed by atoms with Crippen LogP contribution in [0.25, 0.3) is 0 Å². The van der Waals surface area contributed by atoms with Crippen molar-refractivity contribution in [1.82, 2.24) is 0 Å². The Morgan fingerprint density at radius 3 is 2.62 bits per heavy atom. The summed E-state index contributed by atoms with van der Waals surface area (Å²) in [4.78, 5) is 11.9. The van der Waals surface area contributed by atoms with Crippen LogP contribution in [-0.2, 0) is 9.53 Å². The monoisotopic (exact) mass is 307 g/mol. The van der Waals surface area contributed by atoms with E-state index in [0.717, 1.165) is 5.56 Å². The Hall–Kier alpha value is -2.07. The van der Waals surface area contributed by atoms with E-state index in [1.165, 1.54) is 25.3 Å². The fraction of sp³-hybridized carbons (Fsp3) is 0.188. The molecule has 21 heavy (non-hydrogen) atoms. The van der Waals surface area contributed by atoms with Gasteiger partial charge < -0.3 is 10.1 Å². The van der Waals surface area contributed by atoms with E-state index in [9.17, 15) is 9.18 Å². The minimum atomic E-state index is -0.461. The molecule has 5 heteroatoms. The molecule has 0 aliphatic rings. The van der Waals surface area contributed by atoms with Crippen molar-refractivity contribution in [3.05, 3.63) is 64.9 Å². The number of methoxy groups -OCH3 is 1. The van der Waals surface area contributed by atoms with Crippen molar-refractivity contribution in [2.24, 2.45) is 0 Å². The van der Waals surface area contributed by atoms with Crippen LogP contribution in [0.4, 0.5) is 10.1 Å². The molecule has 0 aromatic heterocycles. The van der Waals surface area contributed by atoms with Crippen molar-refractivity contribution in [2.75, 3.05) is 19.0 Å². The summed E-state index contributed by atoms with van der Waals surface area (Å²) in [7, 11) is 1.35. The van der Waals surface area contributed by atoms with Gasteiger partial charge in [-0.15, -0.1) is 0 Å². The molecule has 3 nitrogen and oxygen atoms in total. The predicted octanol–water partition coefficient (Wildman–Crippen LogP) is 3.85. The molecular formula is C16H15ClFNO2. The molecule has 0 aliphatic carbocycles. The van der Waals surface area contributed by atoms with Gasteiger partial charge in [0.1, 0.15) is 5.82 Å². The van der Waals surface area contributed by atoms with Gasteiger partial charge in [0.2, 0.25) is 0 Å². The second kappa shape index (κ2) is 7.09. The fourth-order valence-electron chi connectivity index (χ4n) is 2.01. The number of carbonyl (C=O) groups excluding carboxylic acids is 1. The molecule has 0 bridgehead atoms. The normalized spacial score (nSPS) is 11.8. The second-order valence-corrected chi connectivity index (χ2v) is 4.90. The lowest BCUT2D eigenvalue weighted by molar-refractivity contribution is -0.142. The largest absolute Gasteiger partial charge is 0.468 e. The molecule has 0 heterocycles. The van der Waals surface area contributed by atoms with Crippen molar-refractivity contribution in [2.45, 2.75) is 5.92 Å². The predicted molar refractivity (Wildman–Crippen MR) is 81.1 cm³/mol. The zero-order valence-corrected chi connectivity index (χ0v) is 12.2. The van der Waals surface area contributed by atoms with Crippen molar-refractivity contribution < 1.29 is 13.9 Å². The summed E-state index contributed by atoms with van der Waals surface area (Å²) < 4.78 is 17.8. The molecule has 0 saturated carbocycles. The van der Waals surface area contributed by atoms with Gasteiger partial charge in [-0.1, -0.05) is 41.9 Å². The van der Waals surface area contributed by atoms with Gasteiger partial charge in [-0.05, 0) is 23.8 Å². The van der Waals surface area contributed by atoms with E-state index >= 15 is 0 Å². The number of carbonyl (C=O) groups is 1. The number of benzene rings is 2. The molecule has 0 fully saturated rings. The van der Waals surface area contributed by atoms with E-state index in [1.54, 1.807) is 0 Å². The minimum Gasteiger partial charge on any atom is -0.468 e. The number of hydrogen-bond acceptors (Lipinski definition) is 3. The first kappa shape index (κ1) is 15.3. The van der Waals surface area contributed by atoms with Crippen molar-refractivity contribution >= 4 is 23.3 Å². The smallest absolute Gasteiger partial charge is 0.314 e. The Morgan fingerprint density at radius 2 is 2.00 bits per heavy atom. The lowest BCUT2D eigenvalue weighted by Gasteiger charge is -2.17. The third kappa shape index (κ3) is 3.95. The number of halogens is 2. The van der Waals surface area contributed by atoms with Gasteiger partial charge in [-0.25, -0.2) is 4.39 Å². The maximum absolute atomic E-state index is 13.0. The molecule has 110 valence electrons. The molecule has 0 radical (unpaired) electrons. The third-order valence-corrected chi connectivity index (χ3v) is 3.43. The highest BCUT2D eigenvalue weighted by Gasteiger charge is 2.21. The van der Waals surface area contributed by atoms with Gasteiger partial charge in [-0.2, -0.15) is 0 Å². The van der Waals surface area contributed by atoms with Crippen LogP contribution in [0.2, 0.25) is 5.02 Å². The van der Waals surface area contributed by atoms with Gasteiger partial charge in [0, 0.05) is 6.54 Å². The Labute approximate surface area is 127 Å². The van der Waals surface area contributed by atoms with E-state index in [4.69, 9.17) is 16.3 Å². The number of ether oxygens (including phenoxy) is 1. The summed E-state index contributed by atoms with van der Waals surface area (Å²) in [5.41, 5.74) is 1.41. The maximum Gasteiger partial charge on any atom is 0.314 e. The number of nitrogens with one attached hydrogen (secondary N) is 1. The molecule has 0 spiro atoms. The molecule has 1 atom stereocenters. The zero-order valence-electron chi connectivity index (χ0n) is 11.5. The topological polar surface area (TPSA) is 38.3 Å². The Morgan fingerprint density at radius 1 is 1.29 bits per heavy atom. The quantitative estimate of drug-likeness (QED) is 0.853. The number of rotatable bonds is 5. The van der Waals surface area contributed by atoms with Crippen LogP contribution in [0.3, 0.4) is 0 Å². The second-order valence-electron chi connectivity index (χ2n) is 4.49. The Balaban J connectivity index is 2.15. The highest BCUT2D eigenvalue weighted by molar-refractivity contribution is 6.33. The van der Waals surface area contributed by atoms with Gasteiger partial charge in [0.05, 0.1) is 23.7 Å². The van der Waals surface area contributed by atoms with Gasteiger partial charge in [0.25, 0.3) is 0 Å². The van der Waals surface area contributed by atoms with E-state index in [-0.39, 0.29) is 11.0 Å². The molecule has 2 aromatic rings. The maximum atomic E-state index is 13.0. The van der Waals surface area contributed by atoms with E-state index < -0.39 is 11.7 Å². The summed E-state index contributed by atoms with van der Waals surface area (Å²) in [5.74, 6) is -1.21. The van der Waals surface area contributed by atoms with Gasteiger partial charge in [0.15, 0.2) is 0 Å². The molecule has 0 aliphatic heterocycles. The summed E-state index contributed by atoms with van der Waals surface area (Å²) in [6, 6.07) is 13.4. The summed E-state index contributed by atoms with van der Waals surface area (Å²) in [6.45, 7) is 0.308. The van der Waals surface area contributed by atoms with Crippen LogP contribution < -0.4 is 5.32 Å². The average Bonchev–Trinajstić information content (AvgIpc) is 2.50.